The van der Waals surface area contributed by atoms with E-state index in [4.69, 9.17) is 4.42 Å². The molecule has 1 aliphatic heterocycles. The maximum Gasteiger partial charge on any atom is 0.586 e. The molecule has 0 atom stereocenters. The van der Waals surface area contributed by atoms with Gasteiger partial charge in [-0.2, -0.15) is 5.10 Å². The molecule has 42 heavy (non-hydrogen) atoms. The molecule has 0 saturated carbocycles. The number of benzene rings is 3. The molecule has 12 heteroatoms. The van der Waals surface area contributed by atoms with Gasteiger partial charge in [-0.25, -0.2) is 13.4 Å². The predicted octanol–water partition coefficient (Wildman–Crippen LogP) is 6.31. The van der Waals surface area contributed by atoms with Crippen molar-refractivity contribution in [3.05, 3.63) is 78.3 Å². The third-order valence-electron chi connectivity index (χ3n) is 6.78. The van der Waals surface area contributed by atoms with Gasteiger partial charge in [0.1, 0.15) is 11.4 Å². The number of hydrogen-bond acceptors (Lipinski definition) is 8. The molecule has 214 valence electrons. The van der Waals surface area contributed by atoms with E-state index in [0.717, 1.165) is 6.26 Å². The lowest BCUT2D eigenvalue weighted by Crippen LogP contribution is -2.25. The third kappa shape index (κ3) is 4.94. The van der Waals surface area contributed by atoms with E-state index >= 15 is 0 Å². The maximum atomic E-state index is 13.7. The van der Waals surface area contributed by atoms with Crippen LogP contribution < -0.4 is 9.47 Å². The quantitative estimate of drug-likeness (QED) is 0.211. The second-order valence-corrected chi connectivity index (χ2v) is 11.9. The van der Waals surface area contributed by atoms with Gasteiger partial charge in [-0.1, -0.05) is 24.3 Å². The minimum atomic E-state index is -3.78. The normalized spacial score (nSPS) is 13.9. The fraction of sp³-hybridized carbons (Fsp3) is 0.167. The number of halogens is 2. The van der Waals surface area contributed by atoms with Crippen molar-refractivity contribution in [3.8, 4) is 56.5 Å². The van der Waals surface area contributed by atoms with Gasteiger partial charge in [0.05, 0.1) is 10.6 Å². The lowest BCUT2D eigenvalue weighted by atomic mass is 9.94. The lowest BCUT2D eigenvalue weighted by molar-refractivity contribution is -0.286. The van der Waals surface area contributed by atoms with Gasteiger partial charge >= 0.3 is 6.29 Å². The minimum absolute atomic E-state index is 0.106. The first-order valence-electron chi connectivity index (χ1n) is 12.7. The number of rotatable bonds is 6. The molecule has 2 aromatic heterocycles. The van der Waals surface area contributed by atoms with Crippen LogP contribution in [-0.4, -0.2) is 41.5 Å². The highest BCUT2D eigenvalue weighted by molar-refractivity contribution is 7.90. The van der Waals surface area contributed by atoms with Gasteiger partial charge in [0.15, 0.2) is 38.8 Å². The van der Waals surface area contributed by atoms with Gasteiger partial charge in [0.2, 0.25) is 0 Å². The summed E-state index contributed by atoms with van der Waals surface area (Å²) in [5.41, 5.74) is 4.19. The van der Waals surface area contributed by atoms with Gasteiger partial charge in [-0.3, -0.25) is 9.48 Å². The van der Waals surface area contributed by atoms with E-state index < -0.39 is 16.1 Å². The SMILES string of the molecule is CC(=O)c1cc(-c2ccc(-c3cccc(S(C)(=O)=O)c3)cc2-c2oc(C)nc2-c2ccc3c(c2)OC(F)(F)O3)n(C)n1. The number of carbonyl (C=O) groups is 1. The molecule has 3 heterocycles. The zero-order valence-electron chi connectivity index (χ0n) is 22.8. The van der Waals surface area contributed by atoms with Crippen LogP contribution in [0.25, 0.3) is 45.0 Å². The van der Waals surface area contributed by atoms with Crippen LogP contribution in [-0.2, 0) is 16.9 Å². The summed E-state index contributed by atoms with van der Waals surface area (Å²) in [6.07, 6.45) is -2.64. The van der Waals surface area contributed by atoms with Crippen molar-refractivity contribution in [2.75, 3.05) is 6.26 Å². The minimum Gasteiger partial charge on any atom is -0.440 e. The van der Waals surface area contributed by atoms with Crippen LogP contribution in [0.15, 0.2) is 76.0 Å². The van der Waals surface area contributed by atoms with Crippen molar-refractivity contribution in [2.24, 2.45) is 7.05 Å². The maximum absolute atomic E-state index is 13.7. The highest BCUT2D eigenvalue weighted by atomic mass is 32.2. The number of sulfone groups is 1. The van der Waals surface area contributed by atoms with E-state index in [1.807, 2.05) is 18.2 Å². The van der Waals surface area contributed by atoms with Gasteiger partial charge in [0.25, 0.3) is 0 Å². The van der Waals surface area contributed by atoms with E-state index in [0.29, 0.717) is 50.9 Å². The van der Waals surface area contributed by atoms with Crippen molar-refractivity contribution < 1.29 is 35.9 Å². The first-order valence-corrected chi connectivity index (χ1v) is 14.6. The molecule has 0 fully saturated rings. The summed E-state index contributed by atoms with van der Waals surface area (Å²) >= 11 is 0. The second kappa shape index (κ2) is 9.62. The first-order chi connectivity index (χ1) is 19.8. The number of alkyl halides is 2. The van der Waals surface area contributed by atoms with Gasteiger partial charge in [-0.15, -0.1) is 8.78 Å². The number of oxazole rings is 1. The Morgan fingerprint density at radius 2 is 1.62 bits per heavy atom. The Hall–Kier alpha value is -4.84. The van der Waals surface area contributed by atoms with Crippen LogP contribution in [0.4, 0.5) is 8.78 Å². The van der Waals surface area contributed by atoms with Crippen LogP contribution in [0, 0.1) is 6.92 Å². The van der Waals surface area contributed by atoms with Crippen LogP contribution >= 0.6 is 0 Å². The van der Waals surface area contributed by atoms with Crippen molar-refractivity contribution in [2.45, 2.75) is 25.0 Å². The average molecular weight is 592 g/mol. The Balaban J connectivity index is 1.57. The third-order valence-corrected chi connectivity index (χ3v) is 7.90. The number of hydrogen-bond donors (Lipinski definition) is 0. The topological polar surface area (TPSA) is 114 Å². The number of ether oxygens (including phenoxy) is 2. The molecule has 0 bridgehead atoms. The fourth-order valence-corrected chi connectivity index (χ4v) is 5.50. The molecule has 0 unspecified atom stereocenters. The standard InChI is InChI=1S/C30H23F2N3O6S/c1-16(36)24-15-25(35(3)34-24)22-10-8-19(18-6-5-7-21(12-18)42(4,37)38)13-23(22)29-28(33-17(2)39-29)20-9-11-26-27(14-20)41-30(31,32)40-26/h5-15H,1-4H3. The van der Waals surface area contributed by atoms with E-state index in [9.17, 15) is 22.0 Å². The second-order valence-electron chi connectivity index (χ2n) is 9.89. The summed E-state index contributed by atoms with van der Waals surface area (Å²) < 4.78 is 68.8. The molecule has 0 N–H and O–H groups in total. The summed E-state index contributed by atoms with van der Waals surface area (Å²) in [4.78, 5) is 16.8. The largest absolute Gasteiger partial charge is 0.586 e. The molecule has 9 nitrogen and oxygen atoms in total. The van der Waals surface area contributed by atoms with E-state index in [1.54, 1.807) is 49.0 Å². The lowest BCUT2D eigenvalue weighted by Gasteiger charge is -2.13. The molecule has 0 aliphatic carbocycles. The Kier molecular flexibility index (Phi) is 6.26. The summed E-state index contributed by atoms with van der Waals surface area (Å²) in [5.74, 6) is 0.174. The number of ketones is 1. The molecule has 0 spiro atoms. The average Bonchev–Trinajstić information content (AvgIpc) is 3.60. The number of aromatic nitrogens is 3. The van der Waals surface area contributed by atoms with Crippen molar-refractivity contribution in [1.29, 1.82) is 0 Å². The monoisotopic (exact) mass is 591 g/mol. The highest BCUT2D eigenvalue weighted by Crippen LogP contribution is 2.46. The summed E-state index contributed by atoms with van der Waals surface area (Å²) in [6.45, 7) is 3.08. The number of aryl methyl sites for hydroxylation is 2. The smallest absolute Gasteiger partial charge is 0.440 e. The number of Topliss-reactive ketones (excluding diaryl/α,β-unsaturated/α-hetero) is 1. The van der Waals surface area contributed by atoms with Crippen LogP contribution in [0.2, 0.25) is 0 Å². The molecular weight excluding hydrogens is 568 g/mol. The molecule has 0 amide bonds. The van der Waals surface area contributed by atoms with E-state index in [1.165, 1.54) is 25.1 Å². The molecule has 6 rings (SSSR count). The molecule has 5 aromatic rings. The molecule has 0 saturated heterocycles. The summed E-state index contributed by atoms with van der Waals surface area (Å²) in [5, 5.41) is 4.33. The predicted molar refractivity (Wildman–Crippen MR) is 149 cm³/mol. The first kappa shape index (κ1) is 27.3. The van der Waals surface area contributed by atoms with Gasteiger partial charge < -0.3 is 13.9 Å². The van der Waals surface area contributed by atoms with Crippen LogP contribution in [0.1, 0.15) is 23.3 Å². The van der Waals surface area contributed by atoms with Crippen molar-refractivity contribution in [3.63, 3.8) is 0 Å². The summed E-state index contributed by atoms with van der Waals surface area (Å²) in [7, 11) is -1.75. The number of nitrogens with zero attached hydrogens (tertiary/aromatic N) is 3. The summed E-state index contributed by atoms with van der Waals surface area (Å²) in [6, 6.07) is 18.0. The van der Waals surface area contributed by atoms with Gasteiger partial charge in [-0.05, 0) is 53.6 Å². The zero-order chi connectivity index (χ0) is 30.0. The van der Waals surface area contributed by atoms with E-state index in [-0.39, 0.29) is 27.9 Å². The van der Waals surface area contributed by atoms with Crippen LogP contribution in [0.3, 0.4) is 0 Å². The Labute approximate surface area is 239 Å². The Bertz CT molecular complexity index is 2010. The van der Waals surface area contributed by atoms with Crippen molar-refractivity contribution >= 4 is 15.6 Å². The fourth-order valence-electron chi connectivity index (χ4n) is 4.83. The zero-order valence-corrected chi connectivity index (χ0v) is 23.6. The molecule has 0 radical (unpaired) electrons. The van der Waals surface area contributed by atoms with Crippen LogP contribution in [0.5, 0.6) is 11.5 Å². The molecular formula is C30H23F2N3O6S. The van der Waals surface area contributed by atoms with Gasteiger partial charge in [0, 0.05) is 43.8 Å². The Morgan fingerprint density at radius 3 is 2.33 bits per heavy atom. The highest BCUT2D eigenvalue weighted by Gasteiger charge is 2.43. The Morgan fingerprint density at radius 1 is 0.905 bits per heavy atom. The number of carbonyl (C=O) groups excluding carboxylic acids is 1. The van der Waals surface area contributed by atoms with Crippen molar-refractivity contribution in [1.82, 2.24) is 14.8 Å². The number of fused-ring (bicyclic) bond motifs is 1. The molecule has 1 aliphatic rings. The molecule has 3 aromatic carbocycles. The van der Waals surface area contributed by atoms with E-state index in [2.05, 4.69) is 19.6 Å².